The van der Waals surface area contributed by atoms with Crippen molar-refractivity contribution in [2.75, 3.05) is 6.54 Å². The van der Waals surface area contributed by atoms with Crippen LogP contribution in [0.1, 0.15) is 51.2 Å². The third-order valence-electron chi connectivity index (χ3n) is 4.63. The van der Waals surface area contributed by atoms with Gasteiger partial charge in [0.25, 0.3) is 0 Å². The van der Waals surface area contributed by atoms with Gasteiger partial charge in [-0.1, -0.05) is 51.3 Å². The second kappa shape index (κ2) is 11.5. The molecule has 0 aliphatic heterocycles. The first kappa shape index (κ1) is 23.7. The van der Waals surface area contributed by atoms with Gasteiger partial charge in [0.2, 0.25) is 9.84 Å². The molecule has 0 heterocycles. The van der Waals surface area contributed by atoms with Gasteiger partial charge in [0, 0.05) is 5.02 Å². The molecule has 3 nitrogen and oxygen atoms in total. The Morgan fingerprint density at radius 2 is 1.63 bits per heavy atom. The minimum absolute atomic E-state index is 0.271. The molecule has 0 bridgehead atoms. The summed E-state index contributed by atoms with van der Waals surface area (Å²) >= 11 is 5.80. The predicted molar refractivity (Wildman–Crippen MR) is 115 cm³/mol. The van der Waals surface area contributed by atoms with Crippen LogP contribution in [-0.4, -0.2) is 15.0 Å². The zero-order valence-electron chi connectivity index (χ0n) is 16.8. The molecule has 0 spiro atoms. The van der Waals surface area contributed by atoms with Gasteiger partial charge < -0.3 is 5.73 Å². The molecule has 150 valence electrons. The van der Waals surface area contributed by atoms with Crippen molar-refractivity contribution >= 4 is 21.4 Å². The fourth-order valence-electron chi connectivity index (χ4n) is 2.59. The first-order valence-corrected chi connectivity index (χ1v) is 11.4. The van der Waals surface area contributed by atoms with Gasteiger partial charge in [0.1, 0.15) is 0 Å². The number of aryl methyl sites for hydroxylation is 2. The number of hydrogen-bond donors (Lipinski definition) is 1. The molecule has 0 aliphatic rings. The molecule has 0 fully saturated rings. The maximum Gasteiger partial charge on any atom is 0.206 e. The Morgan fingerprint density at radius 3 is 2.11 bits per heavy atom. The van der Waals surface area contributed by atoms with Crippen molar-refractivity contribution in [1.29, 1.82) is 0 Å². The van der Waals surface area contributed by atoms with Crippen molar-refractivity contribution in [1.82, 2.24) is 0 Å². The summed E-state index contributed by atoms with van der Waals surface area (Å²) < 4.78 is 25.1. The fourth-order valence-corrected chi connectivity index (χ4v) is 4.03. The molecule has 0 radical (unpaired) electrons. The molecule has 1 unspecified atom stereocenters. The van der Waals surface area contributed by atoms with E-state index >= 15 is 0 Å². The van der Waals surface area contributed by atoms with Crippen LogP contribution < -0.4 is 5.73 Å². The summed E-state index contributed by atoms with van der Waals surface area (Å²) in [5.41, 5.74) is 7.52. The lowest BCUT2D eigenvalue weighted by atomic mass is 10.0. The van der Waals surface area contributed by atoms with Crippen LogP contribution >= 0.6 is 11.6 Å². The van der Waals surface area contributed by atoms with E-state index in [1.807, 2.05) is 13.0 Å². The van der Waals surface area contributed by atoms with E-state index in [0.29, 0.717) is 9.92 Å². The highest BCUT2D eigenvalue weighted by atomic mass is 35.5. The first-order chi connectivity index (χ1) is 12.8. The molecule has 2 aromatic rings. The van der Waals surface area contributed by atoms with E-state index in [1.54, 1.807) is 24.3 Å². The van der Waals surface area contributed by atoms with E-state index in [0.717, 1.165) is 36.4 Å². The van der Waals surface area contributed by atoms with Crippen LogP contribution in [0.3, 0.4) is 0 Å². The van der Waals surface area contributed by atoms with Crippen molar-refractivity contribution in [3.63, 3.8) is 0 Å². The Balaban J connectivity index is 0.000000445. The summed E-state index contributed by atoms with van der Waals surface area (Å²) in [7, 11) is -3.47. The lowest BCUT2D eigenvalue weighted by molar-refractivity contribution is 0.524. The van der Waals surface area contributed by atoms with Crippen LogP contribution in [0.4, 0.5) is 0 Å². The molecular formula is C22H32ClNO2S. The zero-order valence-corrected chi connectivity index (χ0v) is 18.4. The predicted octanol–water partition coefficient (Wildman–Crippen LogP) is 5.82. The summed E-state index contributed by atoms with van der Waals surface area (Å²) in [4.78, 5) is 0.613. The molecule has 1 atom stereocenters. The van der Waals surface area contributed by atoms with Crippen LogP contribution in [0, 0.1) is 12.8 Å². The SMILES string of the molecule is CCC(C)CCN.CCCc1cc(S(=O)(=O)c2ccc(Cl)cc2)ccc1C. The number of halogens is 1. The fraction of sp³-hybridized carbons (Fsp3) is 0.455. The molecule has 5 heteroatoms. The molecule has 27 heavy (non-hydrogen) atoms. The number of nitrogens with two attached hydrogens (primary N) is 1. The average Bonchev–Trinajstić information content (AvgIpc) is 2.64. The first-order valence-electron chi connectivity index (χ1n) is 9.56. The summed E-state index contributed by atoms with van der Waals surface area (Å²) in [5.74, 6) is 0.824. The molecule has 0 saturated heterocycles. The molecule has 2 N–H and O–H groups in total. The smallest absolute Gasteiger partial charge is 0.206 e. The zero-order chi connectivity index (χ0) is 20.4. The molecule has 2 aromatic carbocycles. The van der Waals surface area contributed by atoms with Gasteiger partial charge in [-0.3, -0.25) is 0 Å². The number of hydrogen-bond acceptors (Lipinski definition) is 3. The Hall–Kier alpha value is -1.36. The monoisotopic (exact) mass is 409 g/mol. The molecule has 0 saturated carbocycles. The number of benzene rings is 2. The van der Waals surface area contributed by atoms with Gasteiger partial charge in [-0.15, -0.1) is 0 Å². The summed E-state index contributed by atoms with van der Waals surface area (Å²) in [5, 5.41) is 0.527. The molecule has 0 aromatic heterocycles. The van der Waals surface area contributed by atoms with Gasteiger partial charge in [0.15, 0.2) is 0 Å². The van der Waals surface area contributed by atoms with E-state index in [9.17, 15) is 8.42 Å². The van der Waals surface area contributed by atoms with E-state index in [2.05, 4.69) is 20.8 Å². The Labute approximate surface area is 169 Å². The Bertz CT molecular complexity index is 802. The van der Waals surface area contributed by atoms with Crippen LogP contribution in [0.25, 0.3) is 0 Å². The third-order valence-corrected chi connectivity index (χ3v) is 6.65. The van der Waals surface area contributed by atoms with Crippen molar-refractivity contribution in [2.45, 2.75) is 63.2 Å². The standard InChI is InChI=1S/C16H17ClO2S.C6H15N/c1-3-4-13-11-16(8-5-12(13)2)20(18,19)15-9-6-14(17)7-10-15;1-3-6(2)4-5-7/h5-11H,3-4H2,1-2H3;6H,3-5,7H2,1-2H3. The third kappa shape index (κ3) is 7.28. The highest BCUT2D eigenvalue weighted by Gasteiger charge is 2.18. The maximum absolute atomic E-state index is 12.6. The minimum atomic E-state index is -3.47. The van der Waals surface area contributed by atoms with Crippen molar-refractivity contribution in [2.24, 2.45) is 11.7 Å². The van der Waals surface area contributed by atoms with Gasteiger partial charge in [-0.05, 0) is 79.8 Å². The van der Waals surface area contributed by atoms with Crippen molar-refractivity contribution in [3.8, 4) is 0 Å². The van der Waals surface area contributed by atoms with Gasteiger partial charge in [-0.2, -0.15) is 0 Å². The quantitative estimate of drug-likeness (QED) is 0.627. The summed E-state index contributed by atoms with van der Waals surface area (Å²) in [6, 6.07) is 11.6. The second-order valence-corrected chi connectivity index (χ2v) is 9.27. The second-order valence-electron chi connectivity index (χ2n) is 6.89. The summed E-state index contributed by atoms with van der Waals surface area (Å²) in [6.45, 7) is 9.35. The average molecular weight is 410 g/mol. The highest BCUT2D eigenvalue weighted by Crippen LogP contribution is 2.24. The molecular weight excluding hydrogens is 378 g/mol. The molecule has 0 aliphatic carbocycles. The maximum atomic E-state index is 12.6. The number of sulfone groups is 1. The van der Waals surface area contributed by atoms with Crippen molar-refractivity contribution < 1.29 is 8.42 Å². The lowest BCUT2D eigenvalue weighted by Gasteiger charge is -2.09. The van der Waals surface area contributed by atoms with E-state index in [4.69, 9.17) is 17.3 Å². The lowest BCUT2D eigenvalue weighted by Crippen LogP contribution is -2.04. The van der Waals surface area contributed by atoms with Crippen LogP contribution in [0.5, 0.6) is 0 Å². The van der Waals surface area contributed by atoms with Crippen LogP contribution in [0.2, 0.25) is 5.02 Å². The Morgan fingerprint density at radius 1 is 1.04 bits per heavy atom. The van der Waals surface area contributed by atoms with E-state index in [-0.39, 0.29) is 4.90 Å². The molecule has 2 rings (SSSR count). The van der Waals surface area contributed by atoms with Crippen molar-refractivity contribution in [3.05, 3.63) is 58.6 Å². The normalized spacial score (nSPS) is 12.2. The van der Waals surface area contributed by atoms with Gasteiger partial charge >= 0.3 is 0 Å². The Kier molecular flexibility index (Phi) is 10.1. The topological polar surface area (TPSA) is 60.2 Å². The minimum Gasteiger partial charge on any atom is -0.330 e. The van der Waals surface area contributed by atoms with E-state index < -0.39 is 9.84 Å². The number of rotatable bonds is 7. The van der Waals surface area contributed by atoms with Crippen LogP contribution in [-0.2, 0) is 16.3 Å². The highest BCUT2D eigenvalue weighted by molar-refractivity contribution is 7.91. The largest absolute Gasteiger partial charge is 0.330 e. The van der Waals surface area contributed by atoms with Crippen LogP contribution in [0.15, 0.2) is 52.3 Å². The summed E-state index contributed by atoms with van der Waals surface area (Å²) in [6.07, 6.45) is 4.31. The molecule has 0 amide bonds. The van der Waals surface area contributed by atoms with Gasteiger partial charge in [-0.25, -0.2) is 8.42 Å². The van der Waals surface area contributed by atoms with E-state index in [1.165, 1.54) is 25.0 Å². The van der Waals surface area contributed by atoms with Gasteiger partial charge in [0.05, 0.1) is 9.79 Å².